The van der Waals surface area contributed by atoms with Crippen LogP contribution in [-0.4, -0.2) is 44.4 Å². The van der Waals surface area contributed by atoms with Crippen molar-refractivity contribution < 1.29 is 4.79 Å². The summed E-state index contributed by atoms with van der Waals surface area (Å²) in [6, 6.07) is 2.97. The second-order valence-electron chi connectivity index (χ2n) is 6.38. The molecule has 5 heteroatoms. The van der Waals surface area contributed by atoms with E-state index >= 15 is 0 Å². The van der Waals surface area contributed by atoms with Crippen molar-refractivity contribution in [3.05, 3.63) is 30.2 Å². The van der Waals surface area contributed by atoms with Crippen molar-refractivity contribution in [2.75, 3.05) is 7.05 Å². The number of carbonyl (C=O) groups is 1. The molecule has 2 fully saturated rings. The summed E-state index contributed by atoms with van der Waals surface area (Å²) in [6.07, 6.45) is 11.0. The fourth-order valence-electron chi connectivity index (χ4n) is 4.05. The summed E-state index contributed by atoms with van der Waals surface area (Å²) in [5.74, 6) is 0.361. The minimum absolute atomic E-state index is 0.131. The predicted molar refractivity (Wildman–Crippen MR) is 79.2 cm³/mol. The molecule has 2 aliphatic rings. The van der Waals surface area contributed by atoms with Gasteiger partial charge in [0.2, 0.25) is 0 Å². The molecular formula is C16H20N4O. The van der Waals surface area contributed by atoms with Gasteiger partial charge in [0.1, 0.15) is 0 Å². The van der Waals surface area contributed by atoms with Gasteiger partial charge >= 0.3 is 0 Å². The van der Waals surface area contributed by atoms with Crippen LogP contribution in [0.25, 0.3) is 5.65 Å². The van der Waals surface area contributed by atoms with Gasteiger partial charge < -0.3 is 4.90 Å². The highest BCUT2D eigenvalue weighted by Gasteiger charge is 2.39. The van der Waals surface area contributed by atoms with E-state index in [1.807, 2.05) is 12.3 Å². The normalized spacial score (nSPS) is 29.7. The highest BCUT2D eigenvalue weighted by atomic mass is 16.1. The van der Waals surface area contributed by atoms with Gasteiger partial charge in [0.15, 0.2) is 11.4 Å². The van der Waals surface area contributed by atoms with Crippen molar-refractivity contribution in [2.45, 2.75) is 44.2 Å². The lowest BCUT2D eigenvalue weighted by molar-refractivity contribution is 0.0339. The zero-order valence-electron chi connectivity index (χ0n) is 12.3. The highest BCUT2D eigenvalue weighted by molar-refractivity contribution is 6.02. The standard InChI is InChI=1S/C16H20N4O/c1-19-12-4-2-5-13(19)9-11(8-12)15(21)14-10-18-20-7-3-6-17-16(14)20/h3,6-7,10-13H,2,4-5,8-9H2,1H3. The molecule has 2 saturated heterocycles. The van der Waals surface area contributed by atoms with Gasteiger partial charge in [-0.3, -0.25) is 4.79 Å². The fourth-order valence-corrected chi connectivity index (χ4v) is 4.05. The summed E-state index contributed by atoms with van der Waals surface area (Å²) in [5.41, 5.74) is 1.37. The number of hydrogen-bond acceptors (Lipinski definition) is 4. The molecule has 2 unspecified atom stereocenters. The average molecular weight is 284 g/mol. The van der Waals surface area contributed by atoms with E-state index in [0.717, 1.165) is 12.8 Å². The van der Waals surface area contributed by atoms with Crippen LogP contribution in [0, 0.1) is 5.92 Å². The summed E-state index contributed by atoms with van der Waals surface area (Å²) < 4.78 is 1.68. The van der Waals surface area contributed by atoms with Gasteiger partial charge in [-0.15, -0.1) is 0 Å². The number of aromatic nitrogens is 3. The van der Waals surface area contributed by atoms with Gasteiger partial charge in [-0.2, -0.15) is 5.10 Å². The number of nitrogens with zero attached hydrogens (tertiary/aromatic N) is 4. The van der Waals surface area contributed by atoms with Gasteiger partial charge in [-0.25, -0.2) is 9.50 Å². The second kappa shape index (κ2) is 4.91. The van der Waals surface area contributed by atoms with Crippen molar-refractivity contribution in [1.29, 1.82) is 0 Å². The largest absolute Gasteiger partial charge is 0.300 e. The maximum Gasteiger partial charge on any atom is 0.171 e. The van der Waals surface area contributed by atoms with Crippen molar-refractivity contribution in [2.24, 2.45) is 5.92 Å². The van der Waals surface area contributed by atoms with E-state index in [4.69, 9.17) is 0 Å². The molecule has 2 aromatic heterocycles. The Hall–Kier alpha value is -1.75. The molecule has 0 saturated carbocycles. The first kappa shape index (κ1) is 13.0. The highest BCUT2D eigenvalue weighted by Crippen LogP contribution is 2.37. The molecule has 2 aliphatic heterocycles. The number of fused-ring (bicyclic) bond motifs is 3. The zero-order valence-corrected chi connectivity index (χ0v) is 12.3. The topological polar surface area (TPSA) is 50.5 Å². The molecular weight excluding hydrogens is 264 g/mol. The van der Waals surface area contributed by atoms with Crippen LogP contribution in [0.5, 0.6) is 0 Å². The lowest BCUT2D eigenvalue weighted by Crippen LogP contribution is -2.51. The van der Waals surface area contributed by atoms with Gasteiger partial charge in [0.25, 0.3) is 0 Å². The molecule has 21 heavy (non-hydrogen) atoms. The van der Waals surface area contributed by atoms with E-state index in [1.165, 1.54) is 19.3 Å². The minimum Gasteiger partial charge on any atom is -0.300 e. The third kappa shape index (κ3) is 2.07. The lowest BCUT2D eigenvalue weighted by atomic mass is 9.76. The van der Waals surface area contributed by atoms with Crippen LogP contribution in [0.15, 0.2) is 24.7 Å². The number of Topliss-reactive ketones (excluding diaryl/α,β-unsaturated/α-hetero) is 1. The summed E-state index contributed by atoms with van der Waals surface area (Å²) >= 11 is 0. The average Bonchev–Trinajstić information content (AvgIpc) is 2.90. The van der Waals surface area contributed by atoms with Crippen molar-refractivity contribution in [3.8, 4) is 0 Å². The summed E-state index contributed by atoms with van der Waals surface area (Å²) in [7, 11) is 2.21. The van der Waals surface area contributed by atoms with Crippen LogP contribution in [0.1, 0.15) is 42.5 Å². The lowest BCUT2D eigenvalue weighted by Gasteiger charge is -2.46. The van der Waals surface area contributed by atoms with Crippen molar-refractivity contribution >= 4 is 11.4 Å². The second-order valence-corrected chi connectivity index (χ2v) is 6.38. The van der Waals surface area contributed by atoms with Gasteiger partial charge in [-0.1, -0.05) is 6.42 Å². The number of rotatable bonds is 2. The molecule has 0 amide bonds. The first-order valence-corrected chi connectivity index (χ1v) is 7.78. The Labute approximate surface area is 124 Å². The fraction of sp³-hybridized carbons (Fsp3) is 0.562. The van der Waals surface area contributed by atoms with Gasteiger partial charge in [0.05, 0.1) is 11.8 Å². The van der Waals surface area contributed by atoms with Crippen LogP contribution < -0.4 is 0 Å². The molecule has 0 aromatic carbocycles. The van der Waals surface area contributed by atoms with Crippen molar-refractivity contribution in [3.63, 3.8) is 0 Å². The molecule has 0 radical (unpaired) electrons. The predicted octanol–water partition coefficient (Wildman–Crippen LogP) is 2.17. The Balaban J connectivity index is 1.63. The van der Waals surface area contributed by atoms with E-state index in [1.54, 1.807) is 16.9 Å². The maximum atomic E-state index is 12.9. The van der Waals surface area contributed by atoms with Gasteiger partial charge in [-0.05, 0) is 38.8 Å². The van der Waals surface area contributed by atoms with Crippen LogP contribution in [0.2, 0.25) is 0 Å². The number of ketones is 1. The molecule has 2 atom stereocenters. The van der Waals surface area contributed by atoms with Crippen molar-refractivity contribution in [1.82, 2.24) is 19.5 Å². The number of piperidine rings is 2. The van der Waals surface area contributed by atoms with Crippen LogP contribution in [-0.2, 0) is 0 Å². The minimum atomic E-state index is 0.131. The van der Waals surface area contributed by atoms with E-state index in [-0.39, 0.29) is 11.7 Å². The quantitative estimate of drug-likeness (QED) is 0.793. The Morgan fingerprint density at radius 1 is 1.29 bits per heavy atom. The Bertz CT molecular complexity index is 666. The first-order valence-electron chi connectivity index (χ1n) is 7.78. The number of carbonyl (C=O) groups excluding carboxylic acids is 1. The molecule has 5 nitrogen and oxygen atoms in total. The summed E-state index contributed by atoms with van der Waals surface area (Å²) in [6.45, 7) is 0. The Kier molecular flexibility index (Phi) is 3.03. The summed E-state index contributed by atoms with van der Waals surface area (Å²) in [4.78, 5) is 19.7. The molecule has 110 valence electrons. The van der Waals surface area contributed by atoms with Crippen LogP contribution in [0.3, 0.4) is 0 Å². The molecule has 0 aliphatic carbocycles. The van der Waals surface area contributed by atoms with Gasteiger partial charge in [0, 0.05) is 30.4 Å². The third-order valence-corrected chi connectivity index (χ3v) is 5.26. The van der Waals surface area contributed by atoms with E-state index < -0.39 is 0 Å². The first-order chi connectivity index (χ1) is 10.2. The molecule has 0 N–H and O–H groups in total. The number of hydrogen-bond donors (Lipinski definition) is 0. The smallest absolute Gasteiger partial charge is 0.171 e. The molecule has 4 rings (SSSR count). The molecule has 4 heterocycles. The van der Waals surface area contributed by atoms with E-state index in [0.29, 0.717) is 23.3 Å². The van der Waals surface area contributed by atoms with E-state index in [9.17, 15) is 4.79 Å². The third-order valence-electron chi connectivity index (χ3n) is 5.26. The molecule has 2 aromatic rings. The molecule has 0 spiro atoms. The monoisotopic (exact) mass is 284 g/mol. The molecule has 2 bridgehead atoms. The SMILES string of the molecule is CN1C2CCCC1CC(C(=O)c1cnn3cccnc13)C2. The Morgan fingerprint density at radius 3 is 2.81 bits per heavy atom. The summed E-state index contributed by atoms with van der Waals surface area (Å²) in [5, 5.41) is 4.24. The van der Waals surface area contributed by atoms with E-state index in [2.05, 4.69) is 22.0 Å². The maximum absolute atomic E-state index is 12.9. The zero-order chi connectivity index (χ0) is 14.4. The van der Waals surface area contributed by atoms with Crippen LogP contribution >= 0.6 is 0 Å². The van der Waals surface area contributed by atoms with Crippen LogP contribution in [0.4, 0.5) is 0 Å². The Morgan fingerprint density at radius 2 is 2.05 bits per heavy atom.